The molecule has 0 heterocycles. The SMILES string of the molecule is C=CC[C@@](C)(O)CCCCO. The maximum absolute atomic E-state index is 9.59. The smallest absolute Gasteiger partial charge is 0.0654 e. The van der Waals surface area contributed by atoms with E-state index in [1.807, 2.05) is 0 Å². The van der Waals surface area contributed by atoms with Crippen LogP contribution in [-0.4, -0.2) is 22.4 Å². The fourth-order valence-electron chi connectivity index (χ4n) is 1.03. The highest BCUT2D eigenvalue weighted by Crippen LogP contribution is 2.17. The van der Waals surface area contributed by atoms with Crippen molar-refractivity contribution in [3.05, 3.63) is 12.7 Å². The van der Waals surface area contributed by atoms with Gasteiger partial charge in [0.15, 0.2) is 0 Å². The van der Waals surface area contributed by atoms with Crippen molar-refractivity contribution in [2.24, 2.45) is 0 Å². The molecule has 0 unspecified atom stereocenters. The predicted molar refractivity (Wildman–Crippen MR) is 46.4 cm³/mol. The molecule has 11 heavy (non-hydrogen) atoms. The van der Waals surface area contributed by atoms with Crippen LogP contribution in [-0.2, 0) is 0 Å². The van der Waals surface area contributed by atoms with E-state index in [1.54, 1.807) is 13.0 Å². The quantitative estimate of drug-likeness (QED) is 0.454. The van der Waals surface area contributed by atoms with E-state index >= 15 is 0 Å². The molecule has 0 fully saturated rings. The van der Waals surface area contributed by atoms with Crippen molar-refractivity contribution in [1.82, 2.24) is 0 Å². The molecule has 0 aliphatic heterocycles. The molecule has 0 saturated carbocycles. The minimum absolute atomic E-state index is 0.212. The van der Waals surface area contributed by atoms with Crippen molar-refractivity contribution in [3.63, 3.8) is 0 Å². The number of aliphatic hydroxyl groups excluding tert-OH is 1. The monoisotopic (exact) mass is 158 g/mol. The van der Waals surface area contributed by atoms with Gasteiger partial charge >= 0.3 is 0 Å². The highest BCUT2D eigenvalue weighted by molar-refractivity contribution is 4.82. The first-order valence-corrected chi connectivity index (χ1v) is 4.06. The molecular formula is C9H18O2. The number of hydrogen-bond donors (Lipinski definition) is 2. The standard InChI is InChI=1S/C9H18O2/c1-3-6-9(2,11)7-4-5-8-10/h3,10-11H,1,4-8H2,2H3/t9-/m1/s1. The molecule has 0 amide bonds. The number of unbranched alkanes of at least 4 members (excludes halogenated alkanes) is 1. The molecule has 1 atom stereocenters. The first-order chi connectivity index (χ1) is 5.12. The zero-order chi connectivity index (χ0) is 8.74. The summed E-state index contributed by atoms with van der Waals surface area (Å²) in [5.41, 5.74) is -0.628. The van der Waals surface area contributed by atoms with E-state index < -0.39 is 5.60 Å². The van der Waals surface area contributed by atoms with Crippen LogP contribution in [0.5, 0.6) is 0 Å². The molecule has 0 aliphatic rings. The summed E-state index contributed by atoms with van der Waals surface area (Å²) in [6, 6.07) is 0. The van der Waals surface area contributed by atoms with Crippen molar-refractivity contribution >= 4 is 0 Å². The lowest BCUT2D eigenvalue weighted by molar-refractivity contribution is 0.0501. The maximum Gasteiger partial charge on any atom is 0.0654 e. The summed E-state index contributed by atoms with van der Waals surface area (Å²) in [6.45, 7) is 5.57. The Morgan fingerprint density at radius 1 is 1.45 bits per heavy atom. The molecule has 0 aromatic carbocycles. The van der Waals surface area contributed by atoms with Crippen LogP contribution in [0.1, 0.15) is 32.6 Å². The Kier molecular flexibility index (Phi) is 5.16. The van der Waals surface area contributed by atoms with E-state index in [2.05, 4.69) is 6.58 Å². The summed E-state index contributed by atoms with van der Waals surface area (Å²) < 4.78 is 0. The molecule has 0 aromatic rings. The van der Waals surface area contributed by atoms with Crippen LogP contribution >= 0.6 is 0 Å². The van der Waals surface area contributed by atoms with Gasteiger partial charge in [0, 0.05) is 6.61 Å². The fourth-order valence-corrected chi connectivity index (χ4v) is 1.03. The fraction of sp³-hybridized carbons (Fsp3) is 0.778. The highest BCUT2D eigenvalue weighted by atomic mass is 16.3. The van der Waals surface area contributed by atoms with E-state index in [0.717, 1.165) is 19.3 Å². The predicted octanol–water partition coefficient (Wildman–Crippen LogP) is 1.48. The Bertz CT molecular complexity index is 108. The van der Waals surface area contributed by atoms with Crippen LogP contribution in [0.2, 0.25) is 0 Å². The molecular weight excluding hydrogens is 140 g/mol. The second kappa shape index (κ2) is 5.33. The van der Waals surface area contributed by atoms with Gasteiger partial charge in [-0.2, -0.15) is 0 Å². The zero-order valence-electron chi connectivity index (χ0n) is 7.21. The minimum Gasteiger partial charge on any atom is -0.396 e. The van der Waals surface area contributed by atoms with Crippen LogP contribution < -0.4 is 0 Å². The highest BCUT2D eigenvalue weighted by Gasteiger charge is 2.16. The molecule has 2 nitrogen and oxygen atoms in total. The van der Waals surface area contributed by atoms with Crippen molar-refractivity contribution < 1.29 is 10.2 Å². The lowest BCUT2D eigenvalue weighted by Gasteiger charge is -2.20. The largest absolute Gasteiger partial charge is 0.396 e. The third kappa shape index (κ3) is 6.07. The third-order valence-corrected chi connectivity index (χ3v) is 1.71. The van der Waals surface area contributed by atoms with E-state index in [-0.39, 0.29) is 6.61 Å². The molecule has 0 rings (SSSR count). The molecule has 0 saturated heterocycles. The molecule has 66 valence electrons. The molecule has 0 bridgehead atoms. The first-order valence-electron chi connectivity index (χ1n) is 4.06. The van der Waals surface area contributed by atoms with E-state index in [1.165, 1.54) is 0 Å². The average molecular weight is 158 g/mol. The van der Waals surface area contributed by atoms with Crippen LogP contribution in [0, 0.1) is 0 Å². The van der Waals surface area contributed by atoms with Gasteiger partial charge < -0.3 is 10.2 Å². The lowest BCUT2D eigenvalue weighted by Crippen LogP contribution is -2.22. The Morgan fingerprint density at radius 2 is 2.09 bits per heavy atom. The molecule has 2 heteroatoms. The van der Waals surface area contributed by atoms with Gasteiger partial charge in [-0.3, -0.25) is 0 Å². The molecule has 0 spiro atoms. The number of hydrogen-bond acceptors (Lipinski definition) is 2. The summed E-state index contributed by atoms with van der Waals surface area (Å²) in [5, 5.41) is 18.1. The van der Waals surface area contributed by atoms with Crippen LogP contribution in [0.25, 0.3) is 0 Å². The zero-order valence-corrected chi connectivity index (χ0v) is 7.21. The topological polar surface area (TPSA) is 40.5 Å². The van der Waals surface area contributed by atoms with Crippen molar-refractivity contribution in [3.8, 4) is 0 Å². The molecule has 0 aliphatic carbocycles. The minimum atomic E-state index is -0.628. The van der Waals surface area contributed by atoms with Crippen molar-refractivity contribution in [1.29, 1.82) is 0 Å². The van der Waals surface area contributed by atoms with E-state index in [0.29, 0.717) is 6.42 Å². The van der Waals surface area contributed by atoms with Crippen LogP contribution in [0.15, 0.2) is 12.7 Å². The normalized spacial score (nSPS) is 15.9. The van der Waals surface area contributed by atoms with Gasteiger partial charge in [0.25, 0.3) is 0 Å². The molecule has 0 radical (unpaired) electrons. The third-order valence-electron chi connectivity index (χ3n) is 1.71. The summed E-state index contributed by atoms with van der Waals surface area (Å²) in [4.78, 5) is 0. The summed E-state index contributed by atoms with van der Waals surface area (Å²) in [6.07, 6.45) is 4.72. The van der Waals surface area contributed by atoms with E-state index in [4.69, 9.17) is 5.11 Å². The Balaban J connectivity index is 3.45. The Labute approximate surface area is 68.6 Å². The Morgan fingerprint density at radius 3 is 2.55 bits per heavy atom. The summed E-state index contributed by atoms with van der Waals surface area (Å²) in [7, 11) is 0. The van der Waals surface area contributed by atoms with Gasteiger partial charge in [0.1, 0.15) is 0 Å². The van der Waals surface area contributed by atoms with Gasteiger partial charge in [-0.25, -0.2) is 0 Å². The van der Waals surface area contributed by atoms with Crippen LogP contribution in [0.3, 0.4) is 0 Å². The number of aliphatic hydroxyl groups is 2. The second-order valence-corrected chi connectivity index (χ2v) is 3.17. The van der Waals surface area contributed by atoms with Crippen LogP contribution in [0.4, 0.5) is 0 Å². The maximum atomic E-state index is 9.59. The second-order valence-electron chi connectivity index (χ2n) is 3.17. The average Bonchev–Trinajstić information content (AvgIpc) is 1.87. The number of rotatable bonds is 6. The van der Waals surface area contributed by atoms with Gasteiger partial charge in [-0.05, 0) is 32.6 Å². The summed E-state index contributed by atoms with van der Waals surface area (Å²) >= 11 is 0. The van der Waals surface area contributed by atoms with Gasteiger partial charge in [-0.15, -0.1) is 6.58 Å². The van der Waals surface area contributed by atoms with Gasteiger partial charge in [0.2, 0.25) is 0 Å². The first kappa shape index (κ1) is 10.7. The van der Waals surface area contributed by atoms with Crippen molar-refractivity contribution in [2.45, 2.75) is 38.2 Å². The molecule has 0 aromatic heterocycles. The lowest BCUT2D eigenvalue weighted by atomic mass is 9.95. The molecule has 2 N–H and O–H groups in total. The van der Waals surface area contributed by atoms with Gasteiger partial charge in [0.05, 0.1) is 5.60 Å². The van der Waals surface area contributed by atoms with Gasteiger partial charge in [-0.1, -0.05) is 6.08 Å². The van der Waals surface area contributed by atoms with Crippen molar-refractivity contribution in [2.75, 3.05) is 6.61 Å². The van der Waals surface area contributed by atoms with E-state index in [9.17, 15) is 5.11 Å². The summed E-state index contributed by atoms with van der Waals surface area (Å²) in [5.74, 6) is 0. The Hall–Kier alpha value is -0.340.